The van der Waals surface area contributed by atoms with Crippen molar-refractivity contribution in [3.63, 3.8) is 0 Å². The van der Waals surface area contributed by atoms with Gasteiger partial charge in [-0.05, 0) is 70.0 Å². The second-order valence-corrected chi connectivity index (χ2v) is 10.1. The Labute approximate surface area is 215 Å². The molecule has 0 atom stereocenters. The Morgan fingerprint density at radius 3 is 2.28 bits per heavy atom. The summed E-state index contributed by atoms with van der Waals surface area (Å²) in [4.78, 5) is 29.1. The zero-order valence-corrected chi connectivity index (χ0v) is 21.0. The number of pyridine rings is 1. The normalized spacial score (nSPS) is 11.1. The SMILES string of the molecule is NC(=O)c1ccc(Nc2ccc(Br)cn2)cc1NC(=O)c1ccc(-c2ccccc2S(N)(=O)=O)cc1. The average molecular weight is 566 g/mol. The van der Waals surface area contributed by atoms with Crippen molar-refractivity contribution in [2.24, 2.45) is 10.9 Å². The smallest absolute Gasteiger partial charge is 0.255 e. The largest absolute Gasteiger partial charge is 0.366 e. The molecule has 0 spiro atoms. The summed E-state index contributed by atoms with van der Waals surface area (Å²) in [5.74, 6) is -0.617. The molecule has 3 aromatic carbocycles. The first-order valence-corrected chi connectivity index (χ1v) is 12.8. The van der Waals surface area contributed by atoms with Crippen molar-refractivity contribution in [1.82, 2.24) is 4.98 Å². The molecule has 1 heterocycles. The second-order valence-electron chi connectivity index (χ2n) is 7.68. The van der Waals surface area contributed by atoms with Crippen LogP contribution in [0.25, 0.3) is 11.1 Å². The van der Waals surface area contributed by atoms with Gasteiger partial charge in [-0.1, -0.05) is 30.3 Å². The summed E-state index contributed by atoms with van der Waals surface area (Å²) >= 11 is 3.33. The number of carbonyl (C=O) groups excluding carboxylic acids is 2. The first-order chi connectivity index (χ1) is 17.1. The van der Waals surface area contributed by atoms with E-state index in [-0.39, 0.29) is 21.7 Å². The molecule has 1 aromatic heterocycles. The van der Waals surface area contributed by atoms with Gasteiger partial charge in [0.05, 0.1) is 16.1 Å². The Morgan fingerprint density at radius 2 is 1.64 bits per heavy atom. The number of amides is 2. The molecule has 0 aliphatic carbocycles. The number of nitrogens with one attached hydrogen (secondary N) is 2. The summed E-state index contributed by atoms with van der Waals surface area (Å²) < 4.78 is 24.7. The third-order valence-electron chi connectivity index (χ3n) is 5.18. The van der Waals surface area contributed by atoms with Gasteiger partial charge in [-0.2, -0.15) is 0 Å². The maximum Gasteiger partial charge on any atom is 0.255 e. The highest BCUT2D eigenvalue weighted by atomic mass is 79.9. The van der Waals surface area contributed by atoms with E-state index in [9.17, 15) is 18.0 Å². The second kappa shape index (κ2) is 10.3. The van der Waals surface area contributed by atoms with Crippen molar-refractivity contribution in [1.29, 1.82) is 0 Å². The molecule has 182 valence electrons. The van der Waals surface area contributed by atoms with E-state index in [0.717, 1.165) is 4.47 Å². The summed E-state index contributed by atoms with van der Waals surface area (Å²) in [6, 6.07) is 21.0. The van der Waals surface area contributed by atoms with Crippen molar-refractivity contribution < 1.29 is 18.0 Å². The molecule has 36 heavy (non-hydrogen) atoms. The topological polar surface area (TPSA) is 157 Å². The van der Waals surface area contributed by atoms with Gasteiger partial charge < -0.3 is 16.4 Å². The van der Waals surface area contributed by atoms with Crippen molar-refractivity contribution >= 4 is 55.0 Å². The number of nitrogens with two attached hydrogens (primary N) is 2. The monoisotopic (exact) mass is 565 g/mol. The number of primary amides is 1. The molecule has 2 amide bonds. The number of hydrogen-bond acceptors (Lipinski definition) is 6. The number of halogens is 1. The lowest BCUT2D eigenvalue weighted by atomic mass is 10.0. The van der Waals surface area contributed by atoms with Gasteiger partial charge in [-0.3, -0.25) is 9.59 Å². The Morgan fingerprint density at radius 1 is 0.917 bits per heavy atom. The lowest BCUT2D eigenvalue weighted by Crippen LogP contribution is -2.18. The summed E-state index contributed by atoms with van der Waals surface area (Å²) in [6.07, 6.45) is 1.63. The molecule has 6 N–H and O–H groups in total. The van der Waals surface area contributed by atoms with E-state index in [0.29, 0.717) is 22.6 Å². The predicted molar refractivity (Wildman–Crippen MR) is 141 cm³/mol. The van der Waals surface area contributed by atoms with E-state index in [4.69, 9.17) is 10.9 Å². The summed E-state index contributed by atoms with van der Waals surface area (Å²) in [5, 5.41) is 11.1. The van der Waals surface area contributed by atoms with Crippen LogP contribution in [-0.2, 0) is 10.0 Å². The van der Waals surface area contributed by atoms with Crippen LogP contribution in [0, 0.1) is 0 Å². The van der Waals surface area contributed by atoms with Crippen LogP contribution in [0.3, 0.4) is 0 Å². The molecule has 9 nitrogen and oxygen atoms in total. The van der Waals surface area contributed by atoms with Crippen molar-refractivity contribution in [2.75, 3.05) is 10.6 Å². The minimum atomic E-state index is -3.93. The molecular formula is C25H20BrN5O4S. The van der Waals surface area contributed by atoms with Gasteiger partial charge >= 0.3 is 0 Å². The number of hydrogen-bond donors (Lipinski definition) is 4. The van der Waals surface area contributed by atoms with Gasteiger partial charge in [0, 0.05) is 27.5 Å². The fraction of sp³-hybridized carbons (Fsp3) is 0. The van der Waals surface area contributed by atoms with Crippen LogP contribution in [0.15, 0.2) is 94.4 Å². The quantitative estimate of drug-likeness (QED) is 0.262. The van der Waals surface area contributed by atoms with Crippen LogP contribution in [0.1, 0.15) is 20.7 Å². The van der Waals surface area contributed by atoms with Gasteiger partial charge in [0.2, 0.25) is 10.0 Å². The molecule has 4 rings (SSSR count). The number of nitrogens with zero attached hydrogens (tertiary/aromatic N) is 1. The van der Waals surface area contributed by atoms with Crippen molar-refractivity contribution in [2.45, 2.75) is 4.90 Å². The third-order valence-corrected chi connectivity index (χ3v) is 6.62. The Bertz CT molecular complexity index is 1560. The molecule has 0 fully saturated rings. The highest BCUT2D eigenvalue weighted by Crippen LogP contribution is 2.28. The molecule has 0 aliphatic rings. The van der Waals surface area contributed by atoms with Gasteiger partial charge in [0.25, 0.3) is 11.8 Å². The van der Waals surface area contributed by atoms with Gasteiger partial charge in [-0.15, -0.1) is 0 Å². The van der Waals surface area contributed by atoms with E-state index >= 15 is 0 Å². The third kappa shape index (κ3) is 5.77. The summed E-state index contributed by atoms with van der Waals surface area (Å²) in [7, 11) is -3.93. The van der Waals surface area contributed by atoms with E-state index < -0.39 is 21.8 Å². The predicted octanol–water partition coefficient (Wildman–Crippen LogP) is 4.25. The Balaban J connectivity index is 1.59. The van der Waals surface area contributed by atoms with E-state index in [2.05, 4.69) is 31.5 Å². The number of sulfonamides is 1. The van der Waals surface area contributed by atoms with Crippen LogP contribution < -0.4 is 21.5 Å². The number of benzene rings is 3. The molecule has 0 radical (unpaired) electrons. The molecule has 0 saturated heterocycles. The van der Waals surface area contributed by atoms with Gasteiger partial charge in [0.15, 0.2) is 0 Å². The van der Waals surface area contributed by atoms with Gasteiger partial charge in [0.1, 0.15) is 5.82 Å². The summed E-state index contributed by atoms with van der Waals surface area (Å²) in [6.45, 7) is 0. The number of rotatable bonds is 7. The standard InChI is InChI=1S/C25H20BrN5O4S/c26-17-9-12-23(29-14-17)30-18-10-11-20(24(27)32)21(13-18)31-25(33)16-7-5-15(6-8-16)19-3-1-2-4-22(19)36(28,34)35/h1-14H,(H2,27,32)(H,29,30)(H,31,33)(H2,28,34,35). The number of anilines is 3. The Kier molecular flexibility index (Phi) is 7.15. The first-order valence-electron chi connectivity index (χ1n) is 10.5. The first kappa shape index (κ1) is 25.0. The zero-order chi connectivity index (χ0) is 25.9. The number of primary sulfonamides is 1. The van der Waals surface area contributed by atoms with Crippen LogP contribution in [0.4, 0.5) is 17.2 Å². The molecule has 4 aromatic rings. The maximum atomic E-state index is 13.0. The van der Waals surface area contributed by atoms with Crippen LogP contribution in [0.5, 0.6) is 0 Å². The minimum absolute atomic E-state index is 0.0159. The molecular weight excluding hydrogens is 546 g/mol. The Hall–Kier alpha value is -4.06. The molecule has 0 bridgehead atoms. The molecule has 11 heteroatoms. The molecule has 0 aliphatic heterocycles. The average Bonchev–Trinajstić information content (AvgIpc) is 2.85. The highest BCUT2D eigenvalue weighted by molar-refractivity contribution is 9.10. The maximum absolute atomic E-state index is 13.0. The van der Waals surface area contributed by atoms with Crippen molar-refractivity contribution in [3.05, 3.63) is 101 Å². The van der Waals surface area contributed by atoms with E-state index in [1.807, 2.05) is 6.07 Å². The molecule has 0 unspecified atom stereocenters. The summed E-state index contributed by atoms with van der Waals surface area (Å²) in [5.41, 5.74) is 7.71. The lowest BCUT2D eigenvalue weighted by molar-refractivity contribution is 0.100. The highest BCUT2D eigenvalue weighted by Gasteiger charge is 2.16. The van der Waals surface area contributed by atoms with Gasteiger partial charge in [-0.25, -0.2) is 18.5 Å². The molecule has 0 saturated carbocycles. The number of carbonyl (C=O) groups is 2. The van der Waals surface area contributed by atoms with Crippen LogP contribution in [0.2, 0.25) is 0 Å². The van der Waals surface area contributed by atoms with E-state index in [1.54, 1.807) is 66.9 Å². The minimum Gasteiger partial charge on any atom is -0.366 e. The lowest BCUT2D eigenvalue weighted by Gasteiger charge is -2.13. The van der Waals surface area contributed by atoms with Crippen LogP contribution in [-0.4, -0.2) is 25.2 Å². The van der Waals surface area contributed by atoms with Crippen molar-refractivity contribution in [3.8, 4) is 11.1 Å². The fourth-order valence-electron chi connectivity index (χ4n) is 3.49. The fourth-order valence-corrected chi connectivity index (χ4v) is 4.48. The van der Waals surface area contributed by atoms with E-state index in [1.165, 1.54) is 12.1 Å². The zero-order valence-electron chi connectivity index (χ0n) is 18.6. The van der Waals surface area contributed by atoms with Crippen LogP contribution >= 0.6 is 15.9 Å². The number of aromatic nitrogens is 1.